The number of aliphatic hydroxyl groups is 1. The van der Waals surface area contributed by atoms with Gasteiger partial charge in [-0.3, -0.25) is 4.79 Å². The summed E-state index contributed by atoms with van der Waals surface area (Å²) >= 11 is 0. The Hall–Kier alpha value is -1.59. The fourth-order valence-electron chi connectivity index (χ4n) is 2.31. The van der Waals surface area contributed by atoms with E-state index in [1.165, 1.54) is 0 Å². The molecule has 5 heteroatoms. The molecule has 1 aliphatic rings. The molecule has 0 aromatic heterocycles. The average Bonchev–Trinajstić information content (AvgIpc) is 2.84. The van der Waals surface area contributed by atoms with Gasteiger partial charge in [-0.15, -0.1) is 0 Å². The summed E-state index contributed by atoms with van der Waals surface area (Å²) in [5.41, 5.74) is 0.914. The van der Waals surface area contributed by atoms with Gasteiger partial charge in [-0.25, -0.2) is 0 Å². The minimum Gasteiger partial charge on any atom is -0.497 e. The largest absolute Gasteiger partial charge is 0.497 e. The molecule has 104 valence electrons. The van der Waals surface area contributed by atoms with E-state index in [1.54, 1.807) is 19.1 Å². The maximum atomic E-state index is 12.2. The standard InChI is InChI=1S/C14H20N2O3/c1-16(12-8-15-9-13(12)17)14(18)7-10-4-3-5-11(6-10)19-2/h3-6,12-13,15,17H,7-9H2,1-2H3/t12-,13-/m1/s1. The molecule has 0 radical (unpaired) electrons. The average molecular weight is 264 g/mol. The molecule has 0 saturated carbocycles. The number of aliphatic hydroxyl groups excluding tert-OH is 1. The van der Waals surface area contributed by atoms with Gasteiger partial charge in [0.1, 0.15) is 5.75 Å². The Balaban J connectivity index is 1.99. The second-order valence-corrected chi connectivity index (χ2v) is 4.83. The van der Waals surface area contributed by atoms with E-state index in [1.807, 2.05) is 24.3 Å². The Morgan fingerprint density at radius 3 is 2.95 bits per heavy atom. The number of likely N-dealkylation sites (N-methyl/N-ethyl adjacent to an activating group) is 1. The molecule has 0 aliphatic carbocycles. The molecular formula is C14H20N2O3. The SMILES string of the molecule is COc1cccc(CC(=O)N(C)[C@@H]2CNC[C@H]2O)c1. The molecule has 1 aromatic rings. The van der Waals surface area contributed by atoms with Crippen LogP contribution in [-0.2, 0) is 11.2 Å². The van der Waals surface area contributed by atoms with Crippen molar-refractivity contribution in [1.29, 1.82) is 0 Å². The van der Waals surface area contributed by atoms with Crippen molar-refractivity contribution in [2.75, 3.05) is 27.2 Å². The number of carbonyl (C=O) groups excluding carboxylic acids is 1. The summed E-state index contributed by atoms with van der Waals surface area (Å²) in [6, 6.07) is 7.33. The number of ether oxygens (including phenoxy) is 1. The van der Waals surface area contributed by atoms with Gasteiger partial charge in [0.15, 0.2) is 0 Å². The molecular weight excluding hydrogens is 244 g/mol. The van der Waals surface area contributed by atoms with Gasteiger partial charge in [0, 0.05) is 20.1 Å². The second-order valence-electron chi connectivity index (χ2n) is 4.83. The van der Waals surface area contributed by atoms with Crippen LogP contribution in [0, 0.1) is 0 Å². The van der Waals surface area contributed by atoms with Gasteiger partial charge in [0.25, 0.3) is 0 Å². The Bertz CT molecular complexity index is 450. The van der Waals surface area contributed by atoms with E-state index in [4.69, 9.17) is 4.74 Å². The summed E-state index contributed by atoms with van der Waals surface area (Å²) in [6.45, 7) is 1.18. The molecule has 1 saturated heterocycles. The Labute approximate surface area is 113 Å². The Morgan fingerprint density at radius 2 is 2.32 bits per heavy atom. The molecule has 2 N–H and O–H groups in total. The first kappa shape index (κ1) is 13.8. The maximum Gasteiger partial charge on any atom is 0.227 e. The highest BCUT2D eigenvalue weighted by Gasteiger charge is 2.30. The molecule has 5 nitrogen and oxygen atoms in total. The van der Waals surface area contributed by atoms with Crippen LogP contribution in [0.15, 0.2) is 24.3 Å². The normalized spacial score (nSPS) is 22.3. The molecule has 0 unspecified atom stereocenters. The van der Waals surface area contributed by atoms with Crippen molar-refractivity contribution < 1.29 is 14.6 Å². The fourth-order valence-corrected chi connectivity index (χ4v) is 2.31. The van der Waals surface area contributed by atoms with E-state index in [-0.39, 0.29) is 11.9 Å². The van der Waals surface area contributed by atoms with Crippen LogP contribution in [0.5, 0.6) is 5.75 Å². The van der Waals surface area contributed by atoms with E-state index in [2.05, 4.69) is 5.32 Å². The maximum absolute atomic E-state index is 12.2. The van der Waals surface area contributed by atoms with Crippen LogP contribution in [0.25, 0.3) is 0 Å². The molecule has 1 heterocycles. The van der Waals surface area contributed by atoms with E-state index < -0.39 is 6.10 Å². The van der Waals surface area contributed by atoms with Crippen molar-refractivity contribution in [3.05, 3.63) is 29.8 Å². The summed E-state index contributed by atoms with van der Waals surface area (Å²) in [6.07, 6.45) is -0.170. The number of carbonyl (C=O) groups is 1. The quantitative estimate of drug-likeness (QED) is 0.805. The first-order valence-electron chi connectivity index (χ1n) is 6.39. The molecule has 2 rings (SSSR count). The van der Waals surface area contributed by atoms with Crippen molar-refractivity contribution in [3.63, 3.8) is 0 Å². The number of hydrogen-bond acceptors (Lipinski definition) is 4. The van der Waals surface area contributed by atoms with E-state index >= 15 is 0 Å². The van der Waals surface area contributed by atoms with E-state index in [0.717, 1.165) is 11.3 Å². The lowest BCUT2D eigenvalue weighted by molar-refractivity contribution is -0.132. The zero-order valence-corrected chi connectivity index (χ0v) is 11.3. The zero-order valence-electron chi connectivity index (χ0n) is 11.3. The van der Waals surface area contributed by atoms with Gasteiger partial charge in [-0.2, -0.15) is 0 Å². The van der Waals surface area contributed by atoms with Gasteiger partial charge in [-0.05, 0) is 17.7 Å². The van der Waals surface area contributed by atoms with Crippen molar-refractivity contribution in [2.45, 2.75) is 18.6 Å². The molecule has 1 aromatic carbocycles. The van der Waals surface area contributed by atoms with E-state index in [0.29, 0.717) is 19.5 Å². The highest BCUT2D eigenvalue weighted by molar-refractivity contribution is 5.79. The van der Waals surface area contributed by atoms with Crippen molar-refractivity contribution in [1.82, 2.24) is 10.2 Å². The number of nitrogens with zero attached hydrogens (tertiary/aromatic N) is 1. The molecule has 1 aliphatic heterocycles. The highest BCUT2D eigenvalue weighted by atomic mass is 16.5. The van der Waals surface area contributed by atoms with Crippen molar-refractivity contribution in [3.8, 4) is 5.75 Å². The second kappa shape index (κ2) is 6.04. The topological polar surface area (TPSA) is 61.8 Å². The number of β-amino-alcohol motifs (C(OH)–C–C–N with tert-alkyl or cyclic N) is 1. The summed E-state index contributed by atoms with van der Waals surface area (Å²) in [5, 5.41) is 12.9. The van der Waals surface area contributed by atoms with Gasteiger partial charge in [0.05, 0.1) is 25.7 Å². The molecule has 19 heavy (non-hydrogen) atoms. The number of hydrogen-bond donors (Lipinski definition) is 2. The minimum absolute atomic E-state index is 0.000929. The number of benzene rings is 1. The fraction of sp³-hybridized carbons (Fsp3) is 0.500. The molecule has 0 spiro atoms. The Morgan fingerprint density at radius 1 is 1.53 bits per heavy atom. The summed E-state index contributed by atoms with van der Waals surface area (Å²) in [5.74, 6) is 0.747. The smallest absolute Gasteiger partial charge is 0.227 e. The monoisotopic (exact) mass is 264 g/mol. The number of nitrogens with one attached hydrogen (secondary N) is 1. The van der Waals surface area contributed by atoms with Gasteiger partial charge < -0.3 is 20.1 Å². The molecule has 1 fully saturated rings. The minimum atomic E-state index is -0.487. The van der Waals surface area contributed by atoms with Gasteiger partial charge in [0.2, 0.25) is 5.91 Å². The molecule has 1 amide bonds. The number of methoxy groups -OCH3 is 1. The van der Waals surface area contributed by atoms with Crippen molar-refractivity contribution in [2.24, 2.45) is 0 Å². The molecule has 0 bridgehead atoms. The predicted molar refractivity (Wildman–Crippen MR) is 72.1 cm³/mol. The summed E-state index contributed by atoms with van der Waals surface area (Å²) in [4.78, 5) is 13.8. The lowest BCUT2D eigenvalue weighted by atomic mass is 10.1. The van der Waals surface area contributed by atoms with Crippen LogP contribution < -0.4 is 10.1 Å². The van der Waals surface area contributed by atoms with Crippen molar-refractivity contribution >= 4 is 5.91 Å². The highest BCUT2D eigenvalue weighted by Crippen LogP contribution is 2.15. The van der Waals surface area contributed by atoms with E-state index in [9.17, 15) is 9.90 Å². The lowest BCUT2D eigenvalue weighted by Crippen LogP contribution is -2.44. The summed E-state index contributed by atoms with van der Waals surface area (Å²) < 4.78 is 5.14. The molecule has 2 atom stereocenters. The van der Waals surface area contributed by atoms with Crippen LogP contribution in [0.2, 0.25) is 0 Å². The third-order valence-electron chi connectivity index (χ3n) is 3.53. The van der Waals surface area contributed by atoms with Crippen LogP contribution in [0.1, 0.15) is 5.56 Å². The third kappa shape index (κ3) is 3.24. The Kier molecular flexibility index (Phi) is 4.39. The zero-order chi connectivity index (χ0) is 13.8. The number of amides is 1. The lowest BCUT2D eigenvalue weighted by Gasteiger charge is -2.26. The predicted octanol–water partition coefficient (Wildman–Crippen LogP) is 0.0288. The van der Waals surface area contributed by atoms with Crippen LogP contribution >= 0.6 is 0 Å². The third-order valence-corrected chi connectivity index (χ3v) is 3.53. The van der Waals surface area contributed by atoms with Crippen LogP contribution in [0.4, 0.5) is 0 Å². The first-order chi connectivity index (χ1) is 9.11. The number of rotatable bonds is 4. The first-order valence-corrected chi connectivity index (χ1v) is 6.39. The summed E-state index contributed by atoms with van der Waals surface area (Å²) in [7, 11) is 3.34. The van der Waals surface area contributed by atoms with Crippen LogP contribution in [0.3, 0.4) is 0 Å². The van der Waals surface area contributed by atoms with Crippen LogP contribution in [-0.4, -0.2) is 55.3 Å². The van der Waals surface area contributed by atoms with Gasteiger partial charge in [-0.1, -0.05) is 12.1 Å². The van der Waals surface area contributed by atoms with Gasteiger partial charge >= 0.3 is 0 Å².